The van der Waals surface area contributed by atoms with E-state index in [2.05, 4.69) is 38.3 Å². The Morgan fingerprint density at radius 1 is 0.917 bits per heavy atom. The molecule has 24 heavy (non-hydrogen) atoms. The highest BCUT2D eigenvalue weighted by Crippen LogP contribution is 2.28. The van der Waals surface area contributed by atoms with Crippen LogP contribution in [0.1, 0.15) is 47.5 Å². The third kappa shape index (κ3) is 4.69. The van der Waals surface area contributed by atoms with E-state index in [1.54, 1.807) is 4.90 Å². The van der Waals surface area contributed by atoms with Crippen molar-refractivity contribution in [1.29, 1.82) is 0 Å². The molecule has 136 valence electrons. The van der Waals surface area contributed by atoms with Crippen molar-refractivity contribution in [3.8, 4) is 0 Å². The summed E-state index contributed by atoms with van der Waals surface area (Å²) in [4.78, 5) is 39.3. The highest BCUT2D eigenvalue weighted by molar-refractivity contribution is 6.35. The number of amides is 3. The standard InChI is InChI=1S/C17H30N4O3/c1-12(22)20-6-8-21(9-7-20)15(24)14(23)18-13-10-16(2,3)19-17(4,5)11-13/h13,19H,6-11H2,1-5H3,(H,18,23). The van der Waals surface area contributed by atoms with Gasteiger partial charge in [-0.05, 0) is 40.5 Å². The number of nitrogens with zero attached hydrogens (tertiary/aromatic N) is 2. The summed E-state index contributed by atoms with van der Waals surface area (Å²) in [6.45, 7) is 11.7. The Bertz CT molecular complexity index is 506. The van der Waals surface area contributed by atoms with Gasteiger partial charge in [0.15, 0.2) is 0 Å². The number of carbonyl (C=O) groups excluding carboxylic acids is 3. The zero-order valence-electron chi connectivity index (χ0n) is 15.4. The summed E-state index contributed by atoms with van der Waals surface area (Å²) in [6.07, 6.45) is 1.57. The molecule has 0 bridgehead atoms. The number of hydrogen-bond donors (Lipinski definition) is 2. The van der Waals surface area contributed by atoms with Crippen LogP contribution >= 0.6 is 0 Å². The monoisotopic (exact) mass is 338 g/mol. The van der Waals surface area contributed by atoms with E-state index in [1.165, 1.54) is 11.8 Å². The highest BCUT2D eigenvalue weighted by atomic mass is 16.2. The fourth-order valence-corrected chi connectivity index (χ4v) is 4.04. The average Bonchev–Trinajstić information content (AvgIpc) is 2.43. The quantitative estimate of drug-likeness (QED) is 0.665. The number of carbonyl (C=O) groups is 3. The van der Waals surface area contributed by atoms with Crippen LogP contribution in [-0.2, 0) is 14.4 Å². The van der Waals surface area contributed by atoms with Crippen LogP contribution in [0.3, 0.4) is 0 Å². The van der Waals surface area contributed by atoms with Crippen molar-refractivity contribution >= 4 is 17.7 Å². The molecule has 0 unspecified atom stereocenters. The van der Waals surface area contributed by atoms with Gasteiger partial charge < -0.3 is 20.4 Å². The number of rotatable bonds is 1. The Labute approximate surface area is 144 Å². The largest absolute Gasteiger partial charge is 0.345 e. The summed E-state index contributed by atoms with van der Waals surface area (Å²) in [5.74, 6) is -1.03. The first-order valence-corrected chi connectivity index (χ1v) is 8.64. The van der Waals surface area contributed by atoms with E-state index in [0.717, 1.165) is 12.8 Å². The molecule has 0 atom stereocenters. The molecule has 0 aromatic heterocycles. The Kier molecular flexibility index (Phi) is 5.22. The van der Waals surface area contributed by atoms with Crippen molar-refractivity contribution in [2.45, 2.75) is 64.6 Å². The minimum atomic E-state index is -0.537. The lowest BCUT2D eigenvalue weighted by Crippen LogP contribution is -2.63. The smallest absolute Gasteiger partial charge is 0.312 e. The zero-order valence-corrected chi connectivity index (χ0v) is 15.4. The van der Waals surface area contributed by atoms with Gasteiger partial charge in [-0.25, -0.2) is 0 Å². The highest BCUT2D eigenvalue weighted by Gasteiger charge is 2.39. The van der Waals surface area contributed by atoms with E-state index >= 15 is 0 Å². The van der Waals surface area contributed by atoms with Crippen molar-refractivity contribution in [2.75, 3.05) is 26.2 Å². The summed E-state index contributed by atoms with van der Waals surface area (Å²) in [5, 5.41) is 6.47. The van der Waals surface area contributed by atoms with Crippen molar-refractivity contribution in [2.24, 2.45) is 0 Å². The Morgan fingerprint density at radius 3 is 1.83 bits per heavy atom. The Balaban J connectivity index is 1.90. The molecule has 0 aromatic carbocycles. The van der Waals surface area contributed by atoms with E-state index in [4.69, 9.17) is 0 Å². The fraction of sp³-hybridized carbons (Fsp3) is 0.824. The molecule has 0 saturated carbocycles. The van der Waals surface area contributed by atoms with E-state index in [1.807, 2.05) is 0 Å². The molecule has 0 spiro atoms. The van der Waals surface area contributed by atoms with Gasteiger partial charge in [-0.3, -0.25) is 14.4 Å². The van der Waals surface area contributed by atoms with Crippen LogP contribution in [0.15, 0.2) is 0 Å². The Hall–Kier alpha value is -1.63. The molecule has 0 radical (unpaired) electrons. The lowest BCUT2D eigenvalue weighted by Gasteiger charge is -2.46. The van der Waals surface area contributed by atoms with Crippen molar-refractivity contribution in [3.05, 3.63) is 0 Å². The number of piperazine rings is 1. The predicted molar refractivity (Wildman–Crippen MR) is 91.3 cm³/mol. The minimum absolute atomic E-state index is 0.00530. The van der Waals surface area contributed by atoms with Gasteiger partial charge in [0.2, 0.25) is 5.91 Å². The first-order valence-electron chi connectivity index (χ1n) is 8.64. The Morgan fingerprint density at radius 2 is 1.38 bits per heavy atom. The molecule has 3 amide bonds. The van der Waals surface area contributed by atoms with Gasteiger partial charge in [-0.2, -0.15) is 0 Å². The molecule has 2 fully saturated rings. The molecule has 2 N–H and O–H groups in total. The molecular formula is C17H30N4O3. The lowest BCUT2D eigenvalue weighted by atomic mass is 9.79. The van der Waals surface area contributed by atoms with Crippen molar-refractivity contribution in [3.63, 3.8) is 0 Å². The summed E-state index contributed by atoms with van der Waals surface area (Å²) in [6, 6.07) is -0.0220. The topological polar surface area (TPSA) is 81.8 Å². The molecule has 2 heterocycles. The van der Waals surface area contributed by atoms with Gasteiger partial charge in [0.1, 0.15) is 0 Å². The first-order chi connectivity index (χ1) is 11.0. The van der Waals surface area contributed by atoms with Gasteiger partial charge in [0.05, 0.1) is 0 Å². The molecule has 2 saturated heterocycles. The SMILES string of the molecule is CC(=O)N1CCN(C(=O)C(=O)NC2CC(C)(C)NC(C)(C)C2)CC1. The van der Waals surface area contributed by atoms with Crippen molar-refractivity contribution < 1.29 is 14.4 Å². The minimum Gasteiger partial charge on any atom is -0.345 e. The summed E-state index contributed by atoms with van der Waals surface area (Å²) in [5.41, 5.74) is -0.175. The van der Waals surface area contributed by atoms with Gasteiger partial charge in [0, 0.05) is 50.2 Å². The molecule has 7 heteroatoms. The maximum atomic E-state index is 12.4. The second kappa shape index (κ2) is 6.70. The molecular weight excluding hydrogens is 308 g/mol. The van der Waals surface area contributed by atoms with Crippen LogP contribution in [0.5, 0.6) is 0 Å². The molecule has 2 aliphatic rings. The molecule has 0 aromatic rings. The van der Waals surface area contributed by atoms with Crippen molar-refractivity contribution in [1.82, 2.24) is 20.4 Å². The number of piperidine rings is 1. The summed E-state index contributed by atoms with van der Waals surface area (Å²) < 4.78 is 0. The lowest BCUT2D eigenvalue weighted by molar-refractivity contribution is -0.148. The van der Waals surface area contributed by atoms with E-state index in [-0.39, 0.29) is 23.0 Å². The van der Waals surface area contributed by atoms with E-state index < -0.39 is 11.8 Å². The third-order valence-corrected chi connectivity index (χ3v) is 4.73. The number of hydrogen-bond acceptors (Lipinski definition) is 4. The van der Waals surface area contributed by atoms with Crippen LogP contribution in [0.4, 0.5) is 0 Å². The van der Waals surface area contributed by atoms with Gasteiger partial charge in [-0.15, -0.1) is 0 Å². The maximum absolute atomic E-state index is 12.4. The van der Waals surface area contributed by atoms with Crippen LogP contribution < -0.4 is 10.6 Å². The third-order valence-electron chi connectivity index (χ3n) is 4.73. The fourth-order valence-electron chi connectivity index (χ4n) is 4.04. The van der Waals surface area contributed by atoms with Crippen LogP contribution in [0.25, 0.3) is 0 Å². The molecule has 2 aliphatic heterocycles. The second-order valence-corrected chi connectivity index (χ2v) is 8.27. The first kappa shape index (κ1) is 18.7. The summed E-state index contributed by atoms with van der Waals surface area (Å²) in [7, 11) is 0. The van der Waals surface area contributed by atoms with Crippen LogP contribution in [0.2, 0.25) is 0 Å². The van der Waals surface area contributed by atoms with Crippen LogP contribution in [-0.4, -0.2) is 70.8 Å². The molecule has 0 aliphatic carbocycles. The van der Waals surface area contributed by atoms with Crippen LogP contribution in [0, 0.1) is 0 Å². The normalized spacial score (nSPS) is 23.7. The van der Waals surface area contributed by atoms with Gasteiger partial charge >= 0.3 is 11.8 Å². The maximum Gasteiger partial charge on any atom is 0.312 e. The van der Waals surface area contributed by atoms with Gasteiger partial charge in [-0.1, -0.05) is 0 Å². The predicted octanol–water partition coefficient (Wildman–Crippen LogP) is 0.103. The van der Waals surface area contributed by atoms with E-state index in [0.29, 0.717) is 26.2 Å². The molecule has 7 nitrogen and oxygen atoms in total. The number of nitrogens with one attached hydrogen (secondary N) is 2. The average molecular weight is 338 g/mol. The summed E-state index contributed by atoms with van der Waals surface area (Å²) >= 11 is 0. The molecule has 2 rings (SSSR count). The zero-order chi connectivity index (χ0) is 18.1. The second-order valence-electron chi connectivity index (χ2n) is 8.27. The van der Waals surface area contributed by atoms with Gasteiger partial charge in [0.25, 0.3) is 0 Å². The van der Waals surface area contributed by atoms with E-state index in [9.17, 15) is 14.4 Å².